The number of carbonyl (C=O) groups is 1. The maximum absolute atomic E-state index is 11.6. The summed E-state index contributed by atoms with van der Waals surface area (Å²) in [5.41, 5.74) is 0.280. The number of nitrogens with zero attached hydrogens (tertiary/aromatic N) is 1. The van der Waals surface area contributed by atoms with Gasteiger partial charge in [-0.15, -0.1) is 0 Å². The van der Waals surface area contributed by atoms with Gasteiger partial charge in [-0.1, -0.05) is 6.92 Å². The van der Waals surface area contributed by atoms with Crippen LogP contribution in [0.2, 0.25) is 0 Å². The number of aromatic nitrogens is 1. The summed E-state index contributed by atoms with van der Waals surface area (Å²) in [6.45, 7) is 1.76. The average Bonchev–Trinajstić information content (AvgIpc) is 2.25. The molecule has 5 heteroatoms. The molecule has 5 nitrogen and oxygen atoms in total. The lowest BCUT2D eigenvalue weighted by atomic mass is 10.2. The third-order valence-corrected chi connectivity index (χ3v) is 2.03. The molecule has 0 radical (unpaired) electrons. The first kappa shape index (κ1) is 11.5. The molecule has 82 valence electrons. The molecule has 0 bridgehead atoms. The smallest absolute Gasteiger partial charge is 0.253 e. The zero-order valence-corrected chi connectivity index (χ0v) is 8.47. The highest BCUT2D eigenvalue weighted by molar-refractivity contribution is 5.94. The molecule has 1 atom stereocenters. The van der Waals surface area contributed by atoms with E-state index >= 15 is 0 Å². The van der Waals surface area contributed by atoms with Crippen molar-refractivity contribution < 1.29 is 15.0 Å². The topological polar surface area (TPSA) is 82.5 Å². The molecular formula is C10H14N2O3. The van der Waals surface area contributed by atoms with Crippen molar-refractivity contribution in [3.8, 4) is 5.75 Å². The van der Waals surface area contributed by atoms with E-state index in [0.29, 0.717) is 6.42 Å². The number of nitrogens with one attached hydrogen (secondary N) is 1. The molecule has 0 aliphatic heterocycles. The standard InChI is InChI=1S/C10H14N2O3/c1-2-8(6-13)12-10(15)7-3-9(14)5-11-4-7/h3-5,8,13-14H,2,6H2,1H3,(H,12,15). The van der Waals surface area contributed by atoms with Gasteiger partial charge in [-0.3, -0.25) is 9.78 Å². The van der Waals surface area contributed by atoms with Crippen molar-refractivity contribution in [1.29, 1.82) is 0 Å². The van der Waals surface area contributed by atoms with Gasteiger partial charge >= 0.3 is 0 Å². The Morgan fingerprint density at radius 1 is 1.60 bits per heavy atom. The van der Waals surface area contributed by atoms with Gasteiger partial charge in [0.25, 0.3) is 5.91 Å². The molecule has 1 rings (SSSR count). The number of aromatic hydroxyl groups is 1. The molecule has 0 spiro atoms. The lowest BCUT2D eigenvalue weighted by molar-refractivity contribution is 0.0914. The predicted molar refractivity (Wildman–Crippen MR) is 54.5 cm³/mol. The molecule has 15 heavy (non-hydrogen) atoms. The largest absolute Gasteiger partial charge is 0.506 e. The van der Waals surface area contributed by atoms with E-state index in [1.54, 1.807) is 0 Å². The van der Waals surface area contributed by atoms with Crippen molar-refractivity contribution in [2.45, 2.75) is 19.4 Å². The Labute approximate surface area is 87.8 Å². The molecule has 1 unspecified atom stereocenters. The minimum absolute atomic E-state index is 0.0558. The zero-order chi connectivity index (χ0) is 11.3. The van der Waals surface area contributed by atoms with Crippen LogP contribution in [-0.4, -0.2) is 33.8 Å². The normalized spacial score (nSPS) is 12.1. The molecule has 0 fully saturated rings. The van der Waals surface area contributed by atoms with Gasteiger partial charge < -0.3 is 15.5 Å². The highest BCUT2D eigenvalue weighted by Crippen LogP contribution is 2.08. The number of hydrogen-bond acceptors (Lipinski definition) is 4. The molecule has 0 saturated carbocycles. The summed E-state index contributed by atoms with van der Waals surface area (Å²) in [6.07, 6.45) is 3.26. The Balaban J connectivity index is 2.68. The van der Waals surface area contributed by atoms with Gasteiger partial charge in [0.05, 0.1) is 24.4 Å². The van der Waals surface area contributed by atoms with E-state index in [1.165, 1.54) is 18.5 Å². The summed E-state index contributed by atoms with van der Waals surface area (Å²) >= 11 is 0. The highest BCUT2D eigenvalue weighted by Gasteiger charge is 2.11. The van der Waals surface area contributed by atoms with Crippen LogP contribution in [0.15, 0.2) is 18.5 Å². The van der Waals surface area contributed by atoms with Crippen LogP contribution in [0.3, 0.4) is 0 Å². The van der Waals surface area contributed by atoms with Crippen LogP contribution in [0, 0.1) is 0 Å². The maximum Gasteiger partial charge on any atom is 0.253 e. The maximum atomic E-state index is 11.6. The molecule has 0 aromatic carbocycles. The minimum Gasteiger partial charge on any atom is -0.506 e. The Hall–Kier alpha value is -1.62. The molecule has 1 heterocycles. The van der Waals surface area contributed by atoms with E-state index in [-0.39, 0.29) is 29.9 Å². The Morgan fingerprint density at radius 2 is 2.33 bits per heavy atom. The average molecular weight is 210 g/mol. The molecule has 3 N–H and O–H groups in total. The van der Waals surface area contributed by atoms with Crippen molar-refractivity contribution in [2.24, 2.45) is 0 Å². The molecule has 0 aliphatic rings. The number of carbonyl (C=O) groups excluding carboxylic acids is 1. The number of pyridine rings is 1. The second kappa shape index (κ2) is 5.31. The molecule has 1 amide bonds. The van der Waals surface area contributed by atoms with Gasteiger partial charge in [0.15, 0.2) is 0 Å². The minimum atomic E-state index is -0.348. The second-order valence-electron chi connectivity index (χ2n) is 3.19. The van der Waals surface area contributed by atoms with Gasteiger partial charge in [-0.2, -0.15) is 0 Å². The van der Waals surface area contributed by atoms with Crippen molar-refractivity contribution in [1.82, 2.24) is 10.3 Å². The van der Waals surface area contributed by atoms with E-state index in [2.05, 4.69) is 10.3 Å². The summed E-state index contributed by atoms with van der Waals surface area (Å²) in [4.78, 5) is 15.2. The number of hydrogen-bond donors (Lipinski definition) is 3. The van der Waals surface area contributed by atoms with Crippen molar-refractivity contribution in [2.75, 3.05) is 6.61 Å². The first-order chi connectivity index (χ1) is 7.17. The van der Waals surface area contributed by atoms with E-state index in [4.69, 9.17) is 10.2 Å². The number of amides is 1. The quantitative estimate of drug-likeness (QED) is 0.667. The number of rotatable bonds is 4. The van der Waals surface area contributed by atoms with Crippen LogP contribution in [0.5, 0.6) is 5.75 Å². The summed E-state index contributed by atoms with van der Waals surface area (Å²) < 4.78 is 0. The predicted octanol–water partition coefficient (Wildman–Crippen LogP) is 0.288. The molecule has 0 aliphatic carbocycles. The van der Waals surface area contributed by atoms with Crippen LogP contribution in [0.25, 0.3) is 0 Å². The van der Waals surface area contributed by atoms with E-state index in [9.17, 15) is 4.79 Å². The van der Waals surface area contributed by atoms with E-state index < -0.39 is 0 Å². The van der Waals surface area contributed by atoms with Gasteiger partial charge in [0.1, 0.15) is 5.75 Å². The fraction of sp³-hybridized carbons (Fsp3) is 0.400. The first-order valence-corrected chi connectivity index (χ1v) is 4.73. The summed E-state index contributed by atoms with van der Waals surface area (Å²) in [6, 6.07) is 1.06. The summed E-state index contributed by atoms with van der Waals surface area (Å²) in [5.74, 6) is -0.404. The fourth-order valence-electron chi connectivity index (χ4n) is 1.10. The molecule has 1 aromatic rings. The number of aliphatic hydroxyl groups is 1. The third-order valence-electron chi connectivity index (χ3n) is 2.03. The van der Waals surface area contributed by atoms with Crippen LogP contribution in [0.4, 0.5) is 0 Å². The van der Waals surface area contributed by atoms with E-state index in [1.807, 2.05) is 6.92 Å². The fourth-order valence-corrected chi connectivity index (χ4v) is 1.10. The van der Waals surface area contributed by atoms with Crippen LogP contribution < -0.4 is 5.32 Å². The van der Waals surface area contributed by atoms with Crippen LogP contribution >= 0.6 is 0 Å². The molecule has 0 saturated heterocycles. The van der Waals surface area contributed by atoms with Crippen molar-refractivity contribution in [3.05, 3.63) is 24.0 Å². The molecule has 1 aromatic heterocycles. The Morgan fingerprint density at radius 3 is 2.87 bits per heavy atom. The van der Waals surface area contributed by atoms with E-state index in [0.717, 1.165) is 0 Å². The lowest BCUT2D eigenvalue weighted by Gasteiger charge is -2.13. The van der Waals surface area contributed by atoms with Gasteiger partial charge in [0.2, 0.25) is 0 Å². The second-order valence-corrected chi connectivity index (χ2v) is 3.19. The summed E-state index contributed by atoms with van der Waals surface area (Å²) in [7, 11) is 0. The van der Waals surface area contributed by atoms with Crippen LogP contribution in [0.1, 0.15) is 23.7 Å². The Kier molecular flexibility index (Phi) is 4.05. The monoisotopic (exact) mass is 210 g/mol. The van der Waals surface area contributed by atoms with Crippen molar-refractivity contribution >= 4 is 5.91 Å². The van der Waals surface area contributed by atoms with Gasteiger partial charge in [-0.05, 0) is 12.5 Å². The zero-order valence-electron chi connectivity index (χ0n) is 8.47. The first-order valence-electron chi connectivity index (χ1n) is 4.73. The Bertz CT molecular complexity index is 337. The van der Waals surface area contributed by atoms with Gasteiger partial charge in [0, 0.05) is 6.20 Å². The van der Waals surface area contributed by atoms with Gasteiger partial charge in [-0.25, -0.2) is 0 Å². The summed E-state index contributed by atoms with van der Waals surface area (Å²) in [5, 5.41) is 20.6. The van der Waals surface area contributed by atoms with Crippen molar-refractivity contribution in [3.63, 3.8) is 0 Å². The highest BCUT2D eigenvalue weighted by atomic mass is 16.3. The molecular weight excluding hydrogens is 196 g/mol. The SMILES string of the molecule is CCC(CO)NC(=O)c1cncc(O)c1. The van der Waals surface area contributed by atoms with Crippen LogP contribution in [-0.2, 0) is 0 Å². The lowest BCUT2D eigenvalue weighted by Crippen LogP contribution is -2.36. The number of aliphatic hydroxyl groups excluding tert-OH is 1. The third kappa shape index (κ3) is 3.21.